The predicted octanol–water partition coefficient (Wildman–Crippen LogP) is 5.37. The third-order valence-corrected chi connectivity index (χ3v) is 6.72. The molecule has 0 aromatic heterocycles. The Balaban J connectivity index is 1.73. The molecule has 2 aliphatic heterocycles. The Bertz CT molecular complexity index is 1170. The number of fused-ring (bicyclic) bond motifs is 1. The molecule has 180 valence electrons. The van der Waals surface area contributed by atoms with Crippen molar-refractivity contribution in [2.75, 3.05) is 25.0 Å². The molecule has 2 N–H and O–H groups in total. The second-order valence-electron chi connectivity index (χ2n) is 8.34. The molecule has 2 aliphatic rings. The summed E-state index contributed by atoms with van der Waals surface area (Å²) in [7, 11) is 0. The molecule has 2 amide bonds. The van der Waals surface area contributed by atoms with Gasteiger partial charge in [0.05, 0.1) is 22.8 Å². The molecule has 0 fully saturated rings. The minimum atomic E-state index is -4.55. The van der Waals surface area contributed by atoms with Crippen LogP contribution < -0.4 is 10.6 Å². The fourth-order valence-corrected chi connectivity index (χ4v) is 5.06. The Labute approximate surface area is 204 Å². The van der Waals surface area contributed by atoms with Crippen molar-refractivity contribution in [3.05, 3.63) is 74.8 Å². The van der Waals surface area contributed by atoms with Gasteiger partial charge in [-0.05, 0) is 42.7 Å². The van der Waals surface area contributed by atoms with Gasteiger partial charge in [0.1, 0.15) is 0 Å². The summed E-state index contributed by atoms with van der Waals surface area (Å²) in [6.45, 7) is 3.39. The lowest BCUT2D eigenvalue weighted by molar-refractivity contribution is -0.137. The highest BCUT2D eigenvalue weighted by molar-refractivity contribution is 6.37. The first kappa shape index (κ1) is 24.6. The quantitative estimate of drug-likeness (QED) is 0.530. The average Bonchev–Trinajstić information content (AvgIpc) is 3.05. The predicted molar refractivity (Wildman–Crippen MR) is 125 cm³/mol. The number of carbonyl (C=O) groups is 2. The van der Waals surface area contributed by atoms with Crippen molar-refractivity contribution in [2.45, 2.75) is 31.5 Å². The molecule has 0 radical (unpaired) electrons. The minimum Gasteiger partial charge on any atom is -0.333 e. The number of anilines is 1. The molecule has 0 saturated carbocycles. The first-order valence-corrected chi connectivity index (χ1v) is 11.5. The van der Waals surface area contributed by atoms with Gasteiger partial charge in [0, 0.05) is 23.7 Å². The van der Waals surface area contributed by atoms with E-state index in [1.54, 1.807) is 0 Å². The lowest BCUT2D eigenvalue weighted by Crippen LogP contribution is -2.54. The zero-order valence-electron chi connectivity index (χ0n) is 18.2. The maximum Gasteiger partial charge on any atom is 0.416 e. The zero-order chi connectivity index (χ0) is 24.7. The Morgan fingerprint density at radius 1 is 1.21 bits per heavy atom. The molecule has 0 aliphatic carbocycles. The normalized spacial score (nSPS) is 20.5. The van der Waals surface area contributed by atoms with E-state index in [1.165, 1.54) is 29.8 Å². The molecule has 1 atom stereocenters. The van der Waals surface area contributed by atoms with Gasteiger partial charge in [0.2, 0.25) is 5.91 Å². The minimum absolute atomic E-state index is 0.0176. The Kier molecular flexibility index (Phi) is 6.68. The summed E-state index contributed by atoms with van der Waals surface area (Å²) in [4.78, 5) is 28.4. The van der Waals surface area contributed by atoms with Gasteiger partial charge >= 0.3 is 6.18 Å². The van der Waals surface area contributed by atoms with Crippen LogP contribution in [-0.4, -0.2) is 36.3 Å². The number of benzene rings is 2. The van der Waals surface area contributed by atoms with Gasteiger partial charge in [-0.1, -0.05) is 53.9 Å². The topological polar surface area (TPSA) is 61.4 Å². The molecule has 1 unspecified atom stereocenters. The van der Waals surface area contributed by atoms with E-state index >= 15 is 0 Å². The highest BCUT2D eigenvalue weighted by atomic mass is 35.5. The van der Waals surface area contributed by atoms with Gasteiger partial charge in [-0.3, -0.25) is 14.5 Å². The lowest BCUT2D eigenvalue weighted by Gasteiger charge is -2.32. The molecule has 4 rings (SSSR count). The van der Waals surface area contributed by atoms with Crippen molar-refractivity contribution >= 4 is 40.7 Å². The van der Waals surface area contributed by atoms with Crippen molar-refractivity contribution in [3.63, 3.8) is 0 Å². The van der Waals surface area contributed by atoms with E-state index in [2.05, 4.69) is 23.6 Å². The highest BCUT2D eigenvalue weighted by Gasteiger charge is 2.51. The molecule has 2 aromatic rings. The van der Waals surface area contributed by atoms with E-state index in [0.717, 1.165) is 25.0 Å². The summed E-state index contributed by atoms with van der Waals surface area (Å²) >= 11 is 12.5. The standard InChI is InChI=1S/C24H22Cl2F3N3O2/c1-2-14-7-9-32(10-8-14)13-20(33)31-23(15-3-5-16(6-4-15)24(27,28)29)21-18(26)11-17(25)12-19(21)30-22(23)34/h3-7,11-12H,2,8-10,13H2,1H3,(H,30,34)(H,31,33). The number of nitrogens with zero attached hydrogens (tertiary/aromatic N) is 1. The van der Waals surface area contributed by atoms with Crippen LogP contribution >= 0.6 is 23.2 Å². The molecule has 0 bridgehead atoms. The van der Waals surface area contributed by atoms with Crippen molar-refractivity contribution in [1.29, 1.82) is 0 Å². The van der Waals surface area contributed by atoms with Gasteiger partial charge in [0.25, 0.3) is 5.91 Å². The van der Waals surface area contributed by atoms with Crippen molar-refractivity contribution in [3.8, 4) is 0 Å². The maximum atomic E-state index is 13.3. The van der Waals surface area contributed by atoms with Gasteiger partial charge < -0.3 is 10.6 Å². The second kappa shape index (κ2) is 9.24. The summed E-state index contributed by atoms with van der Waals surface area (Å²) < 4.78 is 39.4. The van der Waals surface area contributed by atoms with Crippen LogP contribution in [0, 0.1) is 0 Å². The van der Waals surface area contributed by atoms with Crippen LogP contribution in [0.3, 0.4) is 0 Å². The number of halogens is 5. The summed E-state index contributed by atoms with van der Waals surface area (Å²) in [5.74, 6) is -1.09. The van der Waals surface area contributed by atoms with E-state index in [-0.39, 0.29) is 33.4 Å². The Morgan fingerprint density at radius 3 is 2.50 bits per heavy atom. The number of carbonyl (C=O) groups excluding carboxylic acids is 2. The number of rotatable bonds is 5. The first-order chi connectivity index (χ1) is 16.0. The summed E-state index contributed by atoms with van der Waals surface area (Å²) in [6.07, 6.45) is -0.662. The van der Waals surface area contributed by atoms with Crippen LogP contribution in [0.5, 0.6) is 0 Å². The molecule has 5 nitrogen and oxygen atoms in total. The van der Waals surface area contributed by atoms with Crippen molar-refractivity contribution < 1.29 is 22.8 Å². The Hall–Kier alpha value is -2.55. The second-order valence-corrected chi connectivity index (χ2v) is 9.18. The van der Waals surface area contributed by atoms with Crippen LogP contribution in [0.25, 0.3) is 0 Å². The largest absolute Gasteiger partial charge is 0.416 e. The van der Waals surface area contributed by atoms with Crippen LogP contribution in [0.4, 0.5) is 18.9 Å². The van der Waals surface area contributed by atoms with E-state index < -0.39 is 29.1 Å². The molecule has 2 heterocycles. The van der Waals surface area contributed by atoms with E-state index in [0.29, 0.717) is 13.1 Å². The lowest BCUT2D eigenvalue weighted by atomic mass is 9.83. The summed E-state index contributed by atoms with van der Waals surface area (Å²) in [6, 6.07) is 7.02. The van der Waals surface area contributed by atoms with E-state index in [1.807, 2.05) is 4.90 Å². The van der Waals surface area contributed by atoms with Crippen LogP contribution in [0.2, 0.25) is 10.0 Å². The third kappa shape index (κ3) is 4.54. The van der Waals surface area contributed by atoms with Gasteiger partial charge in [-0.25, -0.2) is 0 Å². The molecule has 2 aromatic carbocycles. The molecule has 0 spiro atoms. The maximum absolute atomic E-state index is 13.3. The number of hydrogen-bond acceptors (Lipinski definition) is 3. The molecule has 10 heteroatoms. The summed E-state index contributed by atoms with van der Waals surface area (Å²) in [5, 5.41) is 5.83. The fraction of sp³-hybridized carbons (Fsp3) is 0.333. The number of alkyl halides is 3. The number of hydrogen-bond donors (Lipinski definition) is 2. The molecular weight excluding hydrogens is 490 g/mol. The van der Waals surface area contributed by atoms with E-state index in [9.17, 15) is 22.8 Å². The van der Waals surface area contributed by atoms with Gasteiger partial charge in [-0.15, -0.1) is 0 Å². The van der Waals surface area contributed by atoms with Crippen LogP contribution in [-0.2, 0) is 21.3 Å². The van der Waals surface area contributed by atoms with E-state index in [4.69, 9.17) is 23.2 Å². The first-order valence-electron chi connectivity index (χ1n) is 10.7. The Morgan fingerprint density at radius 2 is 1.91 bits per heavy atom. The number of amides is 2. The fourth-order valence-electron chi connectivity index (χ4n) is 4.43. The smallest absolute Gasteiger partial charge is 0.333 e. The van der Waals surface area contributed by atoms with Crippen molar-refractivity contribution in [1.82, 2.24) is 10.2 Å². The number of nitrogens with one attached hydrogen (secondary N) is 2. The van der Waals surface area contributed by atoms with Crippen LogP contribution in [0.1, 0.15) is 36.5 Å². The van der Waals surface area contributed by atoms with Gasteiger partial charge in [0.15, 0.2) is 5.54 Å². The zero-order valence-corrected chi connectivity index (χ0v) is 19.7. The monoisotopic (exact) mass is 511 g/mol. The molecule has 34 heavy (non-hydrogen) atoms. The van der Waals surface area contributed by atoms with Crippen molar-refractivity contribution in [2.24, 2.45) is 0 Å². The molecule has 0 saturated heterocycles. The van der Waals surface area contributed by atoms with Gasteiger partial charge in [-0.2, -0.15) is 13.2 Å². The third-order valence-electron chi connectivity index (χ3n) is 6.20. The van der Waals surface area contributed by atoms with Crippen LogP contribution in [0.15, 0.2) is 48.0 Å². The SMILES string of the molecule is CCC1=CCN(CC(=O)NC2(c3ccc(C(F)(F)F)cc3)C(=O)Nc3cc(Cl)cc(Cl)c32)CC1. The highest BCUT2D eigenvalue weighted by Crippen LogP contribution is 2.46. The summed E-state index contributed by atoms with van der Waals surface area (Å²) in [5.41, 5.74) is -0.671. The average molecular weight is 512 g/mol. The molecular formula is C24H22Cl2F3N3O2.